The quantitative estimate of drug-likeness (QED) is 0.733. The average molecular weight is 235 g/mol. The molecule has 90 valence electrons. The van der Waals surface area contributed by atoms with Crippen molar-refractivity contribution < 1.29 is 14.7 Å². The number of carbonyl (C=O) groups excluding carboxylic acids is 1. The molecule has 6 heteroatoms. The maximum atomic E-state index is 10.6. The van der Waals surface area contributed by atoms with E-state index >= 15 is 0 Å². The smallest absolute Gasteiger partial charge is 0.373 e. The molecule has 0 radical (unpaired) electrons. The summed E-state index contributed by atoms with van der Waals surface area (Å²) in [7, 11) is 0. The van der Waals surface area contributed by atoms with Gasteiger partial charge in [-0.15, -0.1) is 0 Å². The van der Waals surface area contributed by atoms with Gasteiger partial charge in [0.25, 0.3) is 0 Å². The fraction of sp³-hybridized carbons (Fsp3) is 0.273. The summed E-state index contributed by atoms with van der Waals surface area (Å²) in [5.74, 6) is -1.43. The largest absolute Gasteiger partial charge is 0.475 e. The summed E-state index contributed by atoms with van der Waals surface area (Å²) in [6.07, 6.45) is 7.19. The summed E-state index contributed by atoms with van der Waals surface area (Å²) in [5.41, 5.74) is 0.720. The molecule has 0 atom stereocenters. The van der Waals surface area contributed by atoms with Crippen LogP contribution in [0, 0.1) is 0 Å². The molecule has 1 heterocycles. The molecule has 17 heavy (non-hydrogen) atoms. The van der Waals surface area contributed by atoms with Crippen molar-refractivity contribution in [1.29, 1.82) is 0 Å². The lowest BCUT2D eigenvalue weighted by Crippen LogP contribution is -2.20. The number of carbonyl (C=O) groups is 2. The van der Waals surface area contributed by atoms with Crippen LogP contribution in [0.2, 0.25) is 0 Å². The van der Waals surface area contributed by atoms with Crippen molar-refractivity contribution in [2.24, 2.45) is 0 Å². The third kappa shape index (κ3) is 4.87. The number of nitrogens with zero attached hydrogens (tertiary/aromatic N) is 2. The summed E-state index contributed by atoms with van der Waals surface area (Å²) in [5, 5.41) is 11.2. The second-order valence-electron chi connectivity index (χ2n) is 3.32. The Labute approximate surface area is 98.4 Å². The number of aromatic carboxylic acids is 1. The van der Waals surface area contributed by atoms with E-state index in [9.17, 15) is 9.59 Å². The lowest BCUT2D eigenvalue weighted by atomic mass is 10.3. The fourth-order valence-electron chi connectivity index (χ4n) is 1.09. The third-order valence-electron chi connectivity index (χ3n) is 1.86. The topological polar surface area (TPSA) is 92.2 Å². The van der Waals surface area contributed by atoms with Gasteiger partial charge < -0.3 is 10.4 Å². The van der Waals surface area contributed by atoms with Crippen LogP contribution in [0.25, 0.3) is 6.08 Å². The summed E-state index contributed by atoms with van der Waals surface area (Å²) >= 11 is 0. The van der Waals surface area contributed by atoms with Crippen LogP contribution in [-0.2, 0) is 4.79 Å². The average Bonchev–Trinajstić information content (AvgIpc) is 2.29. The van der Waals surface area contributed by atoms with E-state index in [0.717, 1.165) is 5.56 Å². The maximum Gasteiger partial charge on any atom is 0.373 e. The highest BCUT2D eigenvalue weighted by atomic mass is 16.4. The van der Waals surface area contributed by atoms with Gasteiger partial charge in [0, 0.05) is 31.4 Å². The minimum Gasteiger partial charge on any atom is -0.475 e. The van der Waals surface area contributed by atoms with Crippen molar-refractivity contribution in [3.05, 3.63) is 29.9 Å². The van der Waals surface area contributed by atoms with E-state index in [2.05, 4.69) is 15.3 Å². The predicted octanol–water partition coefficient (Wildman–Crippen LogP) is 0.714. The van der Waals surface area contributed by atoms with Gasteiger partial charge in [-0.3, -0.25) is 4.79 Å². The zero-order valence-corrected chi connectivity index (χ0v) is 9.38. The third-order valence-corrected chi connectivity index (χ3v) is 1.86. The molecule has 0 spiro atoms. The number of carboxylic acids is 1. The Morgan fingerprint density at radius 2 is 2.06 bits per heavy atom. The van der Waals surface area contributed by atoms with Gasteiger partial charge in [0.1, 0.15) is 0 Å². The highest BCUT2D eigenvalue weighted by Crippen LogP contribution is 2.00. The molecular formula is C11H13N3O3. The highest BCUT2D eigenvalue weighted by molar-refractivity contribution is 5.83. The van der Waals surface area contributed by atoms with Crippen LogP contribution >= 0.6 is 0 Å². The first-order chi connectivity index (χ1) is 8.09. The molecule has 1 amide bonds. The zero-order valence-electron chi connectivity index (χ0n) is 9.38. The molecule has 0 saturated carbocycles. The van der Waals surface area contributed by atoms with Crippen LogP contribution in [0.3, 0.4) is 0 Å². The van der Waals surface area contributed by atoms with Gasteiger partial charge in [0.15, 0.2) is 0 Å². The van der Waals surface area contributed by atoms with Crippen molar-refractivity contribution in [3.8, 4) is 0 Å². The van der Waals surface area contributed by atoms with E-state index in [1.54, 1.807) is 6.08 Å². The maximum absolute atomic E-state index is 10.6. The first-order valence-electron chi connectivity index (χ1n) is 5.06. The van der Waals surface area contributed by atoms with Crippen molar-refractivity contribution >= 4 is 18.0 Å². The first-order valence-corrected chi connectivity index (χ1v) is 5.06. The Hall–Kier alpha value is -2.24. The standard InChI is InChI=1S/C11H13N3O3/c1-8(15)12-5-3-2-4-9-6-13-10(11(16)17)14-7-9/h2,4,6-7H,3,5H2,1H3,(H,12,15)(H,16,17). The van der Waals surface area contributed by atoms with Crippen LogP contribution in [0.5, 0.6) is 0 Å². The number of hydrogen-bond acceptors (Lipinski definition) is 4. The predicted molar refractivity (Wildman–Crippen MR) is 61.3 cm³/mol. The SMILES string of the molecule is CC(=O)NCCC=Cc1cnc(C(=O)O)nc1. The second kappa shape index (κ2) is 6.37. The molecule has 0 aromatic carbocycles. The number of nitrogens with one attached hydrogen (secondary N) is 1. The van der Waals surface area contributed by atoms with Crippen LogP contribution in [0.4, 0.5) is 0 Å². The zero-order chi connectivity index (χ0) is 12.7. The molecule has 6 nitrogen and oxygen atoms in total. The van der Waals surface area contributed by atoms with Crippen molar-refractivity contribution in [2.45, 2.75) is 13.3 Å². The Morgan fingerprint density at radius 1 is 1.41 bits per heavy atom. The van der Waals surface area contributed by atoms with Gasteiger partial charge in [0.2, 0.25) is 11.7 Å². The molecular weight excluding hydrogens is 222 g/mol. The summed E-state index contributed by atoms with van der Waals surface area (Å²) in [6, 6.07) is 0. The van der Waals surface area contributed by atoms with Crippen molar-refractivity contribution in [1.82, 2.24) is 15.3 Å². The summed E-state index contributed by atoms with van der Waals surface area (Å²) in [4.78, 5) is 28.4. The molecule has 0 aliphatic heterocycles. The van der Waals surface area contributed by atoms with E-state index in [1.807, 2.05) is 6.08 Å². The molecule has 1 aromatic rings. The summed E-state index contributed by atoms with van der Waals surface area (Å²) < 4.78 is 0. The van der Waals surface area contributed by atoms with Crippen LogP contribution in [-0.4, -0.2) is 33.5 Å². The Kier molecular flexibility index (Phi) is 4.80. The van der Waals surface area contributed by atoms with Gasteiger partial charge in [-0.2, -0.15) is 0 Å². The van der Waals surface area contributed by atoms with Gasteiger partial charge in [0.05, 0.1) is 0 Å². The van der Waals surface area contributed by atoms with E-state index in [4.69, 9.17) is 5.11 Å². The molecule has 0 saturated heterocycles. The molecule has 1 aromatic heterocycles. The molecule has 0 bridgehead atoms. The molecule has 1 rings (SSSR count). The molecule has 0 aliphatic rings. The molecule has 2 N–H and O–H groups in total. The number of rotatable bonds is 5. The molecule has 0 aliphatic carbocycles. The van der Waals surface area contributed by atoms with Gasteiger partial charge >= 0.3 is 5.97 Å². The Bertz CT molecular complexity index is 426. The van der Waals surface area contributed by atoms with Gasteiger partial charge in [-0.05, 0) is 6.42 Å². The van der Waals surface area contributed by atoms with E-state index in [0.29, 0.717) is 13.0 Å². The summed E-state index contributed by atoms with van der Waals surface area (Å²) in [6.45, 7) is 2.03. The Balaban J connectivity index is 2.43. The van der Waals surface area contributed by atoms with E-state index in [1.165, 1.54) is 19.3 Å². The van der Waals surface area contributed by atoms with Crippen LogP contribution < -0.4 is 5.32 Å². The molecule has 0 fully saturated rings. The minimum atomic E-state index is -1.15. The molecule has 0 unspecified atom stereocenters. The number of carboxylic acid groups (broad SMARTS) is 1. The van der Waals surface area contributed by atoms with Crippen molar-refractivity contribution in [3.63, 3.8) is 0 Å². The normalized spacial score (nSPS) is 10.4. The second-order valence-corrected chi connectivity index (χ2v) is 3.32. The number of amides is 1. The number of aromatic nitrogens is 2. The first kappa shape index (κ1) is 12.8. The lowest BCUT2D eigenvalue weighted by Gasteiger charge is -1.97. The van der Waals surface area contributed by atoms with Crippen molar-refractivity contribution in [2.75, 3.05) is 6.54 Å². The van der Waals surface area contributed by atoms with E-state index < -0.39 is 5.97 Å². The Morgan fingerprint density at radius 3 is 2.59 bits per heavy atom. The van der Waals surface area contributed by atoms with Gasteiger partial charge in [-0.25, -0.2) is 14.8 Å². The van der Waals surface area contributed by atoms with Gasteiger partial charge in [-0.1, -0.05) is 12.2 Å². The highest BCUT2D eigenvalue weighted by Gasteiger charge is 2.03. The monoisotopic (exact) mass is 235 g/mol. The van der Waals surface area contributed by atoms with Crippen LogP contribution in [0.1, 0.15) is 29.5 Å². The van der Waals surface area contributed by atoms with Crippen LogP contribution in [0.15, 0.2) is 18.5 Å². The number of hydrogen-bond donors (Lipinski definition) is 2. The minimum absolute atomic E-state index is 0.0625. The van der Waals surface area contributed by atoms with E-state index in [-0.39, 0.29) is 11.7 Å². The fourth-order valence-corrected chi connectivity index (χ4v) is 1.09. The lowest BCUT2D eigenvalue weighted by molar-refractivity contribution is -0.118.